The molecule has 0 unspecified atom stereocenters. The van der Waals surface area contributed by atoms with E-state index in [9.17, 15) is 5.11 Å². The van der Waals surface area contributed by atoms with E-state index in [0.717, 1.165) is 12.5 Å². The average Bonchev–Trinajstić information content (AvgIpc) is 2.30. The number of aliphatic hydroxyl groups excluding tert-OH is 1. The Morgan fingerprint density at radius 1 is 1.00 bits per heavy atom. The topological polar surface area (TPSA) is 26.7 Å². The van der Waals surface area contributed by atoms with Crippen LogP contribution < -0.4 is 0 Å². The van der Waals surface area contributed by atoms with Crippen LogP contribution in [0.15, 0.2) is 0 Å². The van der Waals surface area contributed by atoms with E-state index in [1.807, 2.05) is 0 Å². The van der Waals surface area contributed by atoms with Crippen LogP contribution in [0.3, 0.4) is 0 Å². The largest absolute Gasteiger partial charge is 0.391 e. The van der Waals surface area contributed by atoms with E-state index >= 15 is 0 Å². The van der Waals surface area contributed by atoms with Gasteiger partial charge in [-0.25, -0.2) is 0 Å². The lowest BCUT2D eigenvalue weighted by Gasteiger charge is -2.42. The second kappa shape index (κ2) is 5.48. The van der Waals surface area contributed by atoms with E-state index in [-0.39, 0.29) is 6.10 Å². The van der Waals surface area contributed by atoms with E-state index in [4.69, 9.17) is 0 Å². The van der Waals surface area contributed by atoms with E-state index in [0.29, 0.717) is 6.04 Å². The summed E-state index contributed by atoms with van der Waals surface area (Å²) in [5, 5.41) is 10.0. The minimum atomic E-state index is -0.0651. The third kappa shape index (κ3) is 2.76. The number of likely N-dealkylation sites (tertiary alicyclic amines) is 1. The predicted octanol–water partition coefficient (Wildman–Crippen LogP) is 1.32. The first-order chi connectivity index (χ1) is 7.68. The summed E-state index contributed by atoms with van der Waals surface area (Å²) >= 11 is 0. The van der Waals surface area contributed by atoms with Crippen LogP contribution in [0.2, 0.25) is 0 Å². The van der Waals surface area contributed by atoms with Crippen molar-refractivity contribution in [3.63, 3.8) is 0 Å². The summed E-state index contributed by atoms with van der Waals surface area (Å²) in [5.74, 6) is 0. The standard InChI is InChI=1S/C13H26N2O/c1-14(2)11-7-9-15(10-8-11)12-5-3-4-6-13(12)16/h11-13,16H,3-10H2,1-2H3/t12-,13-/m0/s1. The lowest BCUT2D eigenvalue weighted by Crippen LogP contribution is -2.51. The zero-order valence-electron chi connectivity index (χ0n) is 10.7. The highest BCUT2D eigenvalue weighted by atomic mass is 16.3. The molecule has 1 heterocycles. The van der Waals surface area contributed by atoms with Crippen LogP contribution in [0.4, 0.5) is 0 Å². The van der Waals surface area contributed by atoms with Gasteiger partial charge in [0.25, 0.3) is 0 Å². The molecule has 3 nitrogen and oxygen atoms in total. The summed E-state index contributed by atoms with van der Waals surface area (Å²) < 4.78 is 0. The maximum atomic E-state index is 10.0. The van der Waals surface area contributed by atoms with Crippen molar-refractivity contribution in [3.05, 3.63) is 0 Å². The number of hydrogen-bond donors (Lipinski definition) is 1. The van der Waals surface area contributed by atoms with Gasteiger partial charge in [0.1, 0.15) is 0 Å². The predicted molar refractivity (Wildman–Crippen MR) is 66.5 cm³/mol. The van der Waals surface area contributed by atoms with Crippen molar-refractivity contribution in [1.29, 1.82) is 0 Å². The molecular weight excluding hydrogens is 200 g/mol. The highest BCUT2D eigenvalue weighted by Gasteiger charge is 2.31. The number of nitrogens with zero attached hydrogens (tertiary/aromatic N) is 2. The summed E-state index contributed by atoms with van der Waals surface area (Å²) in [5.41, 5.74) is 0. The van der Waals surface area contributed by atoms with Gasteiger partial charge in [-0.3, -0.25) is 4.90 Å². The molecule has 1 N–H and O–H groups in total. The van der Waals surface area contributed by atoms with Gasteiger partial charge in [-0.05, 0) is 39.8 Å². The van der Waals surface area contributed by atoms with Crippen molar-refractivity contribution in [1.82, 2.24) is 9.80 Å². The Morgan fingerprint density at radius 3 is 2.19 bits per heavy atom. The molecule has 2 fully saturated rings. The lowest BCUT2D eigenvalue weighted by molar-refractivity contribution is 0.000793. The highest BCUT2D eigenvalue weighted by molar-refractivity contribution is 4.87. The van der Waals surface area contributed by atoms with E-state index in [2.05, 4.69) is 23.9 Å². The summed E-state index contributed by atoms with van der Waals surface area (Å²) in [6, 6.07) is 1.20. The van der Waals surface area contributed by atoms with Crippen LogP contribution in [-0.2, 0) is 0 Å². The van der Waals surface area contributed by atoms with Gasteiger partial charge in [0.15, 0.2) is 0 Å². The molecular formula is C13H26N2O. The highest BCUT2D eigenvalue weighted by Crippen LogP contribution is 2.26. The third-order valence-electron chi connectivity index (χ3n) is 4.39. The Bertz CT molecular complexity index is 212. The second-order valence-corrected chi connectivity index (χ2v) is 5.65. The number of aliphatic hydroxyl groups is 1. The fourth-order valence-electron chi connectivity index (χ4n) is 3.25. The van der Waals surface area contributed by atoms with Crippen LogP contribution >= 0.6 is 0 Å². The molecule has 0 aromatic heterocycles. The Hall–Kier alpha value is -0.120. The smallest absolute Gasteiger partial charge is 0.0695 e. The molecule has 0 amide bonds. The molecule has 1 aliphatic heterocycles. The average molecular weight is 226 g/mol. The normalized spacial score (nSPS) is 34.5. The van der Waals surface area contributed by atoms with Gasteiger partial charge in [-0.15, -0.1) is 0 Å². The molecule has 2 atom stereocenters. The quantitative estimate of drug-likeness (QED) is 0.769. The minimum absolute atomic E-state index is 0.0651. The van der Waals surface area contributed by atoms with Crippen molar-refractivity contribution in [3.8, 4) is 0 Å². The lowest BCUT2D eigenvalue weighted by atomic mass is 9.89. The van der Waals surface area contributed by atoms with Crippen LogP contribution in [0.1, 0.15) is 38.5 Å². The van der Waals surface area contributed by atoms with Gasteiger partial charge in [-0.2, -0.15) is 0 Å². The van der Waals surface area contributed by atoms with Crippen molar-refractivity contribution in [2.24, 2.45) is 0 Å². The first-order valence-electron chi connectivity index (χ1n) is 6.77. The molecule has 0 aromatic rings. The first kappa shape index (κ1) is 12.3. The number of hydrogen-bond acceptors (Lipinski definition) is 3. The molecule has 1 saturated heterocycles. The monoisotopic (exact) mass is 226 g/mol. The van der Waals surface area contributed by atoms with E-state index < -0.39 is 0 Å². The fraction of sp³-hybridized carbons (Fsp3) is 1.00. The Balaban J connectivity index is 1.83. The van der Waals surface area contributed by atoms with Crippen molar-refractivity contribution < 1.29 is 5.11 Å². The van der Waals surface area contributed by atoms with Crippen molar-refractivity contribution >= 4 is 0 Å². The number of rotatable bonds is 2. The SMILES string of the molecule is CN(C)C1CCN([C@H]2CCCC[C@@H]2O)CC1. The van der Waals surface area contributed by atoms with Crippen molar-refractivity contribution in [2.45, 2.75) is 56.7 Å². The first-order valence-corrected chi connectivity index (χ1v) is 6.77. The van der Waals surface area contributed by atoms with Crippen molar-refractivity contribution in [2.75, 3.05) is 27.2 Å². The third-order valence-corrected chi connectivity index (χ3v) is 4.39. The van der Waals surface area contributed by atoms with Crippen LogP contribution in [0, 0.1) is 0 Å². The molecule has 0 radical (unpaired) electrons. The van der Waals surface area contributed by atoms with Gasteiger partial charge in [-0.1, -0.05) is 12.8 Å². The Morgan fingerprint density at radius 2 is 1.62 bits per heavy atom. The van der Waals surface area contributed by atoms with Gasteiger partial charge in [0.05, 0.1) is 6.10 Å². The number of piperidine rings is 1. The molecule has 1 aliphatic carbocycles. The summed E-state index contributed by atoms with van der Waals surface area (Å²) in [4.78, 5) is 4.87. The van der Waals surface area contributed by atoms with Gasteiger partial charge < -0.3 is 10.0 Å². The van der Waals surface area contributed by atoms with Gasteiger partial charge in [0.2, 0.25) is 0 Å². The molecule has 2 aliphatic rings. The van der Waals surface area contributed by atoms with E-state index in [1.165, 1.54) is 45.2 Å². The van der Waals surface area contributed by atoms with Crippen LogP contribution in [-0.4, -0.2) is 60.3 Å². The molecule has 1 saturated carbocycles. The van der Waals surface area contributed by atoms with Crippen LogP contribution in [0.25, 0.3) is 0 Å². The van der Waals surface area contributed by atoms with Gasteiger partial charge in [0, 0.05) is 25.2 Å². The van der Waals surface area contributed by atoms with Gasteiger partial charge >= 0.3 is 0 Å². The second-order valence-electron chi connectivity index (χ2n) is 5.65. The minimum Gasteiger partial charge on any atom is -0.391 e. The Kier molecular flexibility index (Phi) is 4.22. The maximum Gasteiger partial charge on any atom is 0.0695 e. The Labute approximate surface area is 99.4 Å². The molecule has 2 rings (SSSR count). The molecule has 0 spiro atoms. The van der Waals surface area contributed by atoms with E-state index in [1.54, 1.807) is 0 Å². The molecule has 0 bridgehead atoms. The molecule has 16 heavy (non-hydrogen) atoms. The zero-order chi connectivity index (χ0) is 11.5. The maximum absolute atomic E-state index is 10.0. The summed E-state index contributed by atoms with van der Waals surface area (Å²) in [6.45, 7) is 2.34. The summed E-state index contributed by atoms with van der Waals surface area (Å²) in [7, 11) is 4.35. The van der Waals surface area contributed by atoms with Crippen LogP contribution in [0.5, 0.6) is 0 Å². The zero-order valence-corrected chi connectivity index (χ0v) is 10.7. The fourth-order valence-corrected chi connectivity index (χ4v) is 3.25. The molecule has 0 aromatic carbocycles. The molecule has 3 heteroatoms. The summed E-state index contributed by atoms with van der Waals surface area (Å²) in [6.07, 6.45) is 7.18. The molecule has 94 valence electrons.